The molecule has 2 N–H and O–H groups in total. The van der Waals surface area contributed by atoms with E-state index in [2.05, 4.69) is 10.1 Å². The standard InChI is InChI=1S/C25H27F3N2O6/c1-16(31)29-20-15-19(14-18-10-13-35-23(18)20)21(32)7-4-5-11-30(24(33)34)12-9-17-6-2-3-8-22(17)36-25(26,27)28/h2-3,6,8,14-15H,4-5,7,9-13H2,1H3,(H,29,31)(H,33,34). The fourth-order valence-corrected chi connectivity index (χ4v) is 3.98. The lowest BCUT2D eigenvalue weighted by molar-refractivity contribution is -0.274. The highest BCUT2D eigenvalue weighted by molar-refractivity contribution is 5.99. The highest BCUT2D eigenvalue weighted by Gasteiger charge is 2.32. The van der Waals surface area contributed by atoms with Crippen LogP contribution in [0.2, 0.25) is 0 Å². The van der Waals surface area contributed by atoms with Crippen LogP contribution >= 0.6 is 0 Å². The maximum absolute atomic E-state index is 12.7. The molecule has 2 aromatic rings. The van der Waals surface area contributed by atoms with Crippen molar-refractivity contribution >= 4 is 23.5 Å². The van der Waals surface area contributed by atoms with Gasteiger partial charge in [-0.1, -0.05) is 18.2 Å². The predicted molar refractivity (Wildman–Crippen MR) is 125 cm³/mol. The summed E-state index contributed by atoms with van der Waals surface area (Å²) < 4.78 is 47.4. The smallest absolute Gasteiger partial charge is 0.491 e. The summed E-state index contributed by atoms with van der Waals surface area (Å²) in [5, 5.41) is 12.2. The Morgan fingerprint density at radius 1 is 1.14 bits per heavy atom. The summed E-state index contributed by atoms with van der Waals surface area (Å²) >= 11 is 0. The number of alkyl halides is 3. The van der Waals surface area contributed by atoms with Gasteiger partial charge in [-0.05, 0) is 43.0 Å². The van der Waals surface area contributed by atoms with E-state index in [4.69, 9.17) is 4.74 Å². The first kappa shape index (κ1) is 26.8. The average molecular weight is 508 g/mol. The van der Waals surface area contributed by atoms with E-state index in [1.165, 1.54) is 25.1 Å². The number of ether oxygens (including phenoxy) is 2. The van der Waals surface area contributed by atoms with Gasteiger partial charge in [0.05, 0.1) is 12.3 Å². The van der Waals surface area contributed by atoms with Gasteiger partial charge in [0.15, 0.2) is 5.78 Å². The molecule has 36 heavy (non-hydrogen) atoms. The molecule has 0 atom stereocenters. The number of hydrogen-bond donors (Lipinski definition) is 2. The number of carbonyl (C=O) groups excluding carboxylic acids is 2. The van der Waals surface area contributed by atoms with Gasteiger partial charge in [0.1, 0.15) is 11.5 Å². The molecule has 1 aliphatic rings. The van der Waals surface area contributed by atoms with Crippen molar-refractivity contribution in [2.24, 2.45) is 0 Å². The highest BCUT2D eigenvalue weighted by atomic mass is 19.4. The first-order valence-corrected chi connectivity index (χ1v) is 11.5. The molecule has 0 aliphatic carbocycles. The normalized spacial score (nSPS) is 12.4. The van der Waals surface area contributed by atoms with E-state index in [0.29, 0.717) is 42.9 Å². The summed E-state index contributed by atoms with van der Waals surface area (Å²) in [5.41, 5.74) is 1.98. The van der Waals surface area contributed by atoms with Crippen molar-refractivity contribution in [3.05, 3.63) is 53.1 Å². The zero-order valence-electron chi connectivity index (χ0n) is 19.7. The fourth-order valence-electron chi connectivity index (χ4n) is 3.98. The number of benzene rings is 2. The van der Waals surface area contributed by atoms with Gasteiger partial charge in [-0.25, -0.2) is 4.79 Å². The van der Waals surface area contributed by atoms with Crippen molar-refractivity contribution in [1.82, 2.24) is 4.90 Å². The number of unbranched alkanes of at least 4 members (excludes halogenated alkanes) is 1. The third-order valence-electron chi connectivity index (χ3n) is 5.62. The molecule has 1 aliphatic heterocycles. The SMILES string of the molecule is CC(=O)Nc1cc(C(=O)CCCCN(CCc2ccccc2OC(F)(F)F)C(=O)O)cc2c1OCC2. The lowest BCUT2D eigenvalue weighted by Gasteiger charge is -2.20. The predicted octanol–water partition coefficient (Wildman–Crippen LogP) is 5.05. The number of hydrogen-bond acceptors (Lipinski definition) is 5. The molecule has 0 radical (unpaired) electrons. The Morgan fingerprint density at radius 3 is 2.58 bits per heavy atom. The monoisotopic (exact) mass is 508 g/mol. The van der Waals surface area contributed by atoms with Crippen molar-refractivity contribution in [3.8, 4) is 11.5 Å². The molecular formula is C25H27F3N2O6. The zero-order chi connectivity index (χ0) is 26.3. The number of nitrogens with one attached hydrogen (secondary N) is 1. The quantitative estimate of drug-likeness (QED) is 0.325. The molecule has 194 valence electrons. The van der Waals surface area contributed by atoms with Gasteiger partial charge in [0.2, 0.25) is 5.91 Å². The maximum Gasteiger partial charge on any atom is 0.573 e. The van der Waals surface area contributed by atoms with Gasteiger partial charge in [-0.15, -0.1) is 13.2 Å². The summed E-state index contributed by atoms with van der Waals surface area (Å²) in [4.78, 5) is 36.9. The zero-order valence-corrected chi connectivity index (χ0v) is 19.7. The van der Waals surface area contributed by atoms with Crippen molar-refractivity contribution in [3.63, 3.8) is 0 Å². The van der Waals surface area contributed by atoms with E-state index in [-0.39, 0.29) is 48.9 Å². The molecule has 0 unspecified atom stereocenters. The Hall–Kier alpha value is -3.76. The maximum atomic E-state index is 12.7. The second-order valence-corrected chi connectivity index (χ2v) is 8.35. The molecule has 0 saturated carbocycles. The number of carbonyl (C=O) groups is 3. The van der Waals surface area contributed by atoms with Crippen LogP contribution in [0, 0.1) is 0 Å². The summed E-state index contributed by atoms with van der Waals surface area (Å²) in [7, 11) is 0. The minimum absolute atomic E-state index is 0.0214. The Labute approximate surface area is 206 Å². The van der Waals surface area contributed by atoms with E-state index in [1.54, 1.807) is 18.2 Å². The molecule has 8 nitrogen and oxygen atoms in total. The van der Waals surface area contributed by atoms with Crippen LogP contribution in [0.5, 0.6) is 11.5 Å². The number of carboxylic acid groups (broad SMARTS) is 1. The minimum Gasteiger partial charge on any atom is -0.491 e. The molecule has 0 aromatic heterocycles. The van der Waals surface area contributed by atoms with Gasteiger partial charge in [-0.2, -0.15) is 0 Å². The van der Waals surface area contributed by atoms with E-state index < -0.39 is 12.5 Å². The van der Waals surface area contributed by atoms with Crippen molar-refractivity contribution < 1.29 is 42.1 Å². The van der Waals surface area contributed by atoms with E-state index >= 15 is 0 Å². The number of nitrogens with zero attached hydrogens (tertiary/aromatic N) is 1. The van der Waals surface area contributed by atoms with Gasteiger partial charge >= 0.3 is 12.5 Å². The van der Waals surface area contributed by atoms with Crippen LogP contribution in [0.25, 0.3) is 0 Å². The third-order valence-corrected chi connectivity index (χ3v) is 5.62. The topological polar surface area (TPSA) is 105 Å². The molecule has 0 fully saturated rings. The van der Waals surface area contributed by atoms with Gasteiger partial charge in [0, 0.05) is 44.0 Å². The number of anilines is 1. The molecule has 1 heterocycles. The molecule has 2 amide bonds. The molecular weight excluding hydrogens is 481 g/mol. The molecule has 0 spiro atoms. The van der Waals surface area contributed by atoms with E-state index in [0.717, 1.165) is 10.5 Å². The number of ketones is 1. The average Bonchev–Trinajstić information content (AvgIpc) is 3.27. The van der Waals surface area contributed by atoms with Crippen molar-refractivity contribution in [2.45, 2.75) is 45.4 Å². The first-order chi connectivity index (χ1) is 17.0. The number of halogens is 3. The van der Waals surface area contributed by atoms with Gasteiger partial charge in [0.25, 0.3) is 0 Å². The van der Waals surface area contributed by atoms with Gasteiger partial charge in [-0.3, -0.25) is 9.59 Å². The molecule has 11 heteroatoms. The second kappa shape index (κ2) is 11.8. The van der Waals surface area contributed by atoms with Crippen LogP contribution in [0.15, 0.2) is 36.4 Å². The number of rotatable bonds is 11. The van der Waals surface area contributed by atoms with E-state index in [9.17, 15) is 32.7 Å². The first-order valence-electron chi connectivity index (χ1n) is 11.5. The summed E-state index contributed by atoms with van der Waals surface area (Å²) in [5.74, 6) is -0.213. The number of para-hydroxylation sites is 1. The largest absolute Gasteiger partial charge is 0.573 e. The summed E-state index contributed by atoms with van der Waals surface area (Å²) in [6, 6.07) is 8.93. The number of fused-ring (bicyclic) bond motifs is 1. The van der Waals surface area contributed by atoms with Crippen LogP contribution in [-0.4, -0.2) is 53.8 Å². The Morgan fingerprint density at radius 2 is 1.89 bits per heavy atom. The lowest BCUT2D eigenvalue weighted by Crippen LogP contribution is -2.32. The van der Waals surface area contributed by atoms with E-state index in [1.807, 2.05) is 0 Å². The van der Waals surface area contributed by atoms with Crippen LogP contribution in [0.3, 0.4) is 0 Å². The van der Waals surface area contributed by atoms with Crippen molar-refractivity contribution in [1.29, 1.82) is 0 Å². The van der Waals surface area contributed by atoms with Crippen molar-refractivity contribution in [2.75, 3.05) is 25.0 Å². The summed E-state index contributed by atoms with van der Waals surface area (Å²) in [6.45, 7) is 1.94. The number of amides is 2. The molecule has 0 saturated heterocycles. The lowest BCUT2D eigenvalue weighted by atomic mass is 10.0. The molecule has 2 aromatic carbocycles. The number of Topliss-reactive ketones (excluding diaryl/α,β-unsaturated/α-hetero) is 1. The Kier molecular flexibility index (Phi) is 8.78. The third kappa shape index (κ3) is 7.62. The van der Waals surface area contributed by atoms with Crippen LogP contribution in [-0.2, 0) is 17.6 Å². The van der Waals surface area contributed by atoms with Crippen LogP contribution in [0.1, 0.15) is 47.7 Å². The second-order valence-electron chi connectivity index (χ2n) is 8.35. The molecule has 3 rings (SSSR count). The van der Waals surface area contributed by atoms with Gasteiger partial charge < -0.3 is 24.8 Å². The van der Waals surface area contributed by atoms with Crippen LogP contribution < -0.4 is 14.8 Å². The Bertz CT molecular complexity index is 1120. The molecule has 0 bridgehead atoms. The summed E-state index contributed by atoms with van der Waals surface area (Å²) in [6.07, 6.45) is -4.38. The fraction of sp³-hybridized carbons (Fsp3) is 0.400. The highest BCUT2D eigenvalue weighted by Crippen LogP contribution is 2.35. The minimum atomic E-state index is -4.84. The van der Waals surface area contributed by atoms with Crippen LogP contribution in [0.4, 0.5) is 23.7 Å². The Balaban J connectivity index is 1.53.